The van der Waals surface area contributed by atoms with Crippen molar-refractivity contribution >= 4 is 23.2 Å². The van der Waals surface area contributed by atoms with E-state index in [1.807, 2.05) is 0 Å². The molecule has 1 heterocycles. The fraction of sp³-hybridized carbons (Fsp3) is 0.583. The number of amides is 1. The molecule has 1 saturated carbocycles. The molecule has 5 nitrogen and oxygen atoms in total. The molecule has 0 aromatic carbocycles. The van der Waals surface area contributed by atoms with Crippen molar-refractivity contribution in [3.8, 4) is 0 Å². The molecule has 0 aliphatic heterocycles. The first-order valence-electron chi connectivity index (χ1n) is 6.08. The van der Waals surface area contributed by atoms with E-state index in [0.29, 0.717) is 17.7 Å². The molecule has 0 bridgehead atoms. The van der Waals surface area contributed by atoms with Crippen molar-refractivity contribution in [1.82, 2.24) is 10.3 Å². The number of nitrogens with one attached hydrogen (secondary N) is 1. The van der Waals surface area contributed by atoms with Crippen LogP contribution in [-0.4, -0.2) is 27.5 Å². The number of carbonyl (C=O) groups is 2. The van der Waals surface area contributed by atoms with Crippen molar-refractivity contribution in [3.05, 3.63) is 16.6 Å². The number of hydrogen-bond acceptors (Lipinski definition) is 4. The second-order valence-electron chi connectivity index (χ2n) is 4.62. The highest BCUT2D eigenvalue weighted by Crippen LogP contribution is 2.28. The fourth-order valence-electron chi connectivity index (χ4n) is 2.33. The summed E-state index contributed by atoms with van der Waals surface area (Å²) in [5.41, 5.74) is 0.465. The lowest BCUT2D eigenvalue weighted by Crippen LogP contribution is -2.54. The lowest BCUT2D eigenvalue weighted by Gasteiger charge is -2.28. The van der Waals surface area contributed by atoms with Crippen LogP contribution in [0.1, 0.15) is 48.2 Å². The van der Waals surface area contributed by atoms with Crippen LogP contribution >= 0.6 is 11.3 Å². The maximum Gasteiger partial charge on any atom is 0.329 e. The van der Waals surface area contributed by atoms with Crippen LogP contribution in [-0.2, 0) is 4.79 Å². The number of aromatic nitrogens is 1. The summed E-state index contributed by atoms with van der Waals surface area (Å²) in [6.07, 6.45) is 6.23. The summed E-state index contributed by atoms with van der Waals surface area (Å²) in [7, 11) is 0. The summed E-state index contributed by atoms with van der Waals surface area (Å²) < 4.78 is 0. The predicted octanol–water partition coefficient (Wildman–Crippen LogP) is 2.05. The normalized spacial score (nSPS) is 18.9. The Morgan fingerprint density at radius 3 is 2.44 bits per heavy atom. The monoisotopic (exact) mass is 268 g/mol. The highest BCUT2D eigenvalue weighted by molar-refractivity contribution is 7.11. The average Bonchev–Trinajstić information content (AvgIpc) is 2.77. The number of carboxylic acid groups (broad SMARTS) is 1. The summed E-state index contributed by atoms with van der Waals surface area (Å²) in [5.74, 6) is -1.26. The molecule has 18 heavy (non-hydrogen) atoms. The maximum absolute atomic E-state index is 12.0. The summed E-state index contributed by atoms with van der Waals surface area (Å²) >= 11 is 1.22. The average molecular weight is 268 g/mol. The quantitative estimate of drug-likeness (QED) is 0.822. The highest BCUT2D eigenvalue weighted by Gasteiger charge is 2.40. The van der Waals surface area contributed by atoms with Gasteiger partial charge in [-0.2, -0.15) is 0 Å². The van der Waals surface area contributed by atoms with Crippen molar-refractivity contribution in [2.75, 3.05) is 0 Å². The molecule has 1 aromatic rings. The number of aliphatic carboxylic acids is 1. The van der Waals surface area contributed by atoms with Gasteiger partial charge in [-0.15, -0.1) is 11.3 Å². The van der Waals surface area contributed by atoms with E-state index in [-0.39, 0.29) is 5.91 Å². The van der Waals surface area contributed by atoms with Gasteiger partial charge in [0.05, 0.1) is 11.7 Å². The topological polar surface area (TPSA) is 79.3 Å². The van der Waals surface area contributed by atoms with E-state index < -0.39 is 11.5 Å². The summed E-state index contributed by atoms with van der Waals surface area (Å²) in [4.78, 5) is 27.8. The zero-order valence-electron chi connectivity index (χ0n) is 10.0. The standard InChI is InChI=1S/C12H16N2O3S/c15-10(9-7-13-8-18-9)14-12(11(16)17)5-3-1-2-4-6-12/h7-8H,1-6H2,(H,14,15)(H,16,17). The Balaban J connectivity index is 2.15. The molecule has 0 radical (unpaired) electrons. The molecular formula is C12H16N2O3S. The van der Waals surface area contributed by atoms with Gasteiger partial charge in [0.15, 0.2) is 0 Å². The smallest absolute Gasteiger partial charge is 0.329 e. The van der Waals surface area contributed by atoms with Crippen LogP contribution < -0.4 is 5.32 Å². The van der Waals surface area contributed by atoms with E-state index in [1.165, 1.54) is 17.5 Å². The van der Waals surface area contributed by atoms with E-state index in [1.54, 1.807) is 5.51 Å². The Bertz CT molecular complexity index is 423. The van der Waals surface area contributed by atoms with Crippen molar-refractivity contribution in [1.29, 1.82) is 0 Å². The van der Waals surface area contributed by atoms with Gasteiger partial charge < -0.3 is 10.4 Å². The molecule has 2 rings (SSSR count). The molecule has 0 spiro atoms. The summed E-state index contributed by atoms with van der Waals surface area (Å²) in [6.45, 7) is 0. The molecular weight excluding hydrogens is 252 g/mol. The number of rotatable bonds is 3. The van der Waals surface area contributed by atoms with Gasteiger partial charge in [0.1, 0.15) is 10.4 Å². The van der Waals surface area contributed by atoms with Gasteiger partial charge in [-0.1, -0.05) is 25.7 Å². The molecule has 0 saturated heterocycles. The van der Waals surface area contributed by atoms with E-state index in [9.17, 15) is 14.7 Å². The predicted molar refractivity (Wildman–Crippen MR) is 67.6 cm³/mol. The number of nitrogens with zero attached hydrogens (tertiary/aromatic N) is 1. The van der Waals surface area contributed by atoms with Crippen LogP contribution in [0.15, 0.2) is 11.7 Å². The molecule has 0 unspecified atom stereocenters. The summed E-state index contributed by atoms with van der Waals surface area (Å²) in [6, 6.07) is 0. The lowest BCUT2D eigenvalue weighted by atomic mass is 9.90. The minimum atomic E-state index is -1.10. The van der Waals surface area contributed by atoms with Crippen molar-refractivity contribution in [2.24, 2.45) is 0 Å². The van der Waals surface area contributed by atoms with Crippen LogP contribution in [0.25, 0.3) is 0 Å². The number of hydrogen-bond donors (Lipinski definition) is 2. The van der Waals surface area contributed by atoms with Crippen LogP contribution in [0.5, 0.6) is 0 Å². The third kappa shape index (κ3) is 2.69. The van der Waals surface area contributed by atoms with Gasteiger partial charge in [0.2, 0.25) is 0 Å². The molecule has 1 aromatic heterocycles. The van der Waals surface area contributed by atoms with Gasteiger partial charge in [-0.3, -0.25) is 9.78 Å². The second-order valence-corrected chi connectivity index (χ2v) is 5.51. The SMILES string of the molecule is O=C(NC1(C(=O)O)CCCCCC1)c1cncs1. The van der Waals surface area contributed by atoms with Gasteiger partial charge in [0, 0.05) is 0 Å². The van der Waals surface area contributed by atoms with Crippen molar-refractivity contribution in [2.45, 2.75) is 44.1 Å². The highest BCUT2D eigenvalue weighted by atomic mass is 32.1. The molecule has 1 aliphatic carbocycles. The van der Waals surface area contributed by atoms with E-state index in [0.717, 1.165) is 25.7 Å². The van der Waals surface area contributed by atoms with E-state index in [2.05, 4.69) is 10.3 Å². The Kier molecular flexibility index (Phi) is 3.96. The first-order valence-corrected chi connectivity index (χ1v) is 6.96. The van der Waals surface area contributed by atoms with Crippen molar-refractivity contribution < 1.29 is 14.7 Å². The Hall–Kier alpha value is -1.43. The number of thiazole rings is 1. The molecule has 1 fully saturated rings. The zero-order valence-corrected chi connectivity index (χ0v) is 10.8. The minimum Gasteiger partial charge on any atom is -0.480 e. The van der Waals surface area contributed by atoms with Crippen molar-refractivity contribution in [3.63, 3.8) is 0 Å². The molecule has 1 amide bonds. The van der Waals surface area contributed by atoms with Gasteiger partial charge in [0.25, 0.3) is 5.91 Å². The zero-order chi connectivity index (χ0) is 13.0. The Labute approximate surface area is 109 Å². The molecule has 98 valence electrons. The van der Waals surface area contributed by atoms with E-state index >= 15 is 0 Å². The van der Waals surface area contributed by atoms with Crippen LogP contribution in [0.3, 0.4) is 0 Å². The lowest BCUT2D eigenvalue weighted by molar-refractivity contribution is -0.145. The summed E-state index contributed by atoms with van der Waals surface area (Å²) in [5, 5.41) is 12.1. The second kappa shape index (κ2) is 5.48. The van der Waals surface area contributed by atoms with Crippen LogP contribution in [0.4, 0.5) is 0 Å². The van der Waals surface area contributed by atoms with Gasteiger partial charge >= 0.3 is 5.97 Å². The third-order valence-electron chi connectivity index (χ3n) is 3.38. The largest absolute Gasteiger partial charge is 0.480 e. The van der Waals surface area contributed by atoms with Crippen LogP contribution in [0, 0.1) is 0 Å². The van der Waals surface area contributed by atoms with Gasteiger partial charge in [-0.05, 0) is 12.8 Å². The maximum atomic E-state index is 12.0. The Morgan fingerprint density at radius 1 is 1.28 bits per heavy atom. The molecule has 1 aliphatic rings. The number of carboxylic acids is 1. The molecule has 0 atom stereocenters. The fourth-order valence-corrected chi connectivity index (χ4v) is 2.85. The van der Waals surface area contributed by atoms with Crippen LogP contribution in [0.2, 0.25) is 0 Å². The number of carbonyl (C=O) groups excluding carboxylic acids is 1. The molecule has 6 heteroatoms. The Morgan fingerprint density at radius 2 is 1.94 bits per heavy atom. The first kappa shape index (κ1) is 13.0. The van der Waals surface area contributed by atoms with Gasteiger partial charge in [-0.25, -0.2) is 4.79 Å². The first-order chi connectivity index (χ1) is 8.64. The minimum absolute atomic E-state index is 0.332. The third-order valence-corrected chi connectivity index (χ3v) is 4.15. The van der Waals surface area contributed by atoms with E-state index in [4.69, 9.17) is 0 Å². The molecule has 2 N–H and O–H groups in total.